The predicted octanol–water partition coefficient (Wildman–Crippen LogP) is 4.62. The Labute approximate surface area is 201 Å². The molecular formula is C25H30ClN3O3S. The molecule has 1 spiro atoms. The van der Waals surface area contributed by atoms with Gasteiger partial charge in [-0.15, -0.1) is 0 Å². The van der Waals surface area contributed by atoms with Crippen molar-refractivity contribution < 1.29 is 13.2 Å². The number of anilines is 1. The van der Waals surface area contributed by atoms with Gasteiger partial charge in [0.05, 0.1) is 22.7 Å². The lowest BCUT2D eigenvalue weighted by molar-refractivity contribution is -0.0525. The molecule has 6 nitrogen and oxygen atoms in total. The minimum atomic E-state index is -3.14. The van der Waals surface area contributed by atoms with Gasteiger partial charge in [0.1, 0.15) is 0 Å². The fourth-order valence-corrected chi connectivity index (χ4v) is 7.61. The van der Waals surface area contributed by atoms with E-state index in [2.05, 4.69) is 11.1 Å². The predicted molar refractivity (Wildman–Crippen MR) is 130 cm³/mol. The van der Waals surface area contributed by atoms with Crippen molar-refractivity contribution in [1.29, 1.82) is 0 Å². The fourth-order valence-electron chi connectivity index (χ4n) is 5.93. The van der Waals surface area contributed by atoms with Crippen LogP contribution in [-0.4, -0.2) is 42.0 Å². The van der Waals surface area contributed by atoms with Crippen LogP contribution in [0.2, 0.25) is 5.02 Å². The van der Waals surface area contributed by atoms with Gasteiger partial charge in [-0.3, -0.25) is 14.7 Å². The number of benzene rings is 1. The largest absolute Gasteiger partial charge is 0.297 e. The maximum atomic E-state index is 13.2. The maximum absolute atomic E-state index is 13.2. The minimum Gasteiger partial charge on any atom is -0.297 e. The number of amides is 1. The highest BCUT2D eigenvalue weighted by Gasteiger charge is 2.55. The second kappa shape index (κ2) is 7.52. The molecule has 1 aliphatic carbocycles. The van der Waals surface area contributed by atoms with Gasteiger partial charge in [0.2, 0.25) is 10.0 Å². The van der Waals surface area contributed by atoms with Crippen molar-refractivity contribution in [2.45, 2.75) is 57.7 Å². The highest BCUT2D eigenvalue weighted by atomic mass is 35.5. The lowest BCUT2D eigenvalue weighted by atomic mass is 9.57. The topological polar surface area (TPSA) is 70.6 Å². The summed E-state index contributed by atoms with van der Waals surface area (Å²) >= 11 is 6.21. The number of pyridine rings is 1. The molecule has 1 saturated heterocycles. The van der Waals surface area contributed by atoms with E-state index in [-0.39, 0.29) is 16.6 Å². The first kappa shape index (κ1) is 22.8. The Morgan fingerprint density at radius 1 is 1.15 bits per heavy atom. The monoisotopic (exact) mass is 487 g/mol. The number of aromatic nitrogens is 1. The molecule has 33 heavy (non-hydrogen) atoms. The normalized spacial score (nSPS) is 21.9. The van der Waals surface area contributed by atoms with Crippen LogP contribution in [0.15, 0.2) is 36.7 Å². The second-order valence-electron chi connectivity index (χ2n) is 10.8. The van der Waals surface area contributed by atoms with Gasteiger partial charge < -0.3 is 0 Å². The van der Waals surface area contributed by atoms with Gasteiger partial charge in [0, 0.05) is 29.9 Å². The zero-order valence-corrected chi connectivity index (χ0v) is 21.1. The Kier molecular flexibility index (Phi) is 5.20. The fraction of sp³-hybridized carbons (Fsp3) is 0.520. The van der Waals surface area contributed by atoms with Gasteiger partial charge in [-0.05, 0) is 93.7 Å². The van der Waals surface area contributed by atoms with E-state index >= 15 is 0 Å². The zero-order chi connectivity index (χ0) is 23.8. The van der Waals surface area contributed by atoms with Crippen LogP contribution in [0.1, 0.15) is 62.0 Å². The van der Waals surface area contributed by atoms with Crippen molar-refractivity contribution in [3.63, 3.8) is 0 Å². The van der Waals surface area contributed by atoms with Crippen LogP contribution in [-0.2, 0) is 22.0 Å². The summed E-state index contributed by atoms with van der Waals surface area (Å²) in [6, 6.07) is 7.50. The third-order valence-corrected chi connectivity index (χ3v) is 10.0. The summed E-state index contributed by atoms with van der Waals surface area (Å²) in [7, 11) is -3.14. The molecule has 2 aromatic rings. The smallest absolute Gasteiger partial charge is 0.259 e. The van der Waals surface area contributed by atoms with Crippen LogP contribution >= 0.6 is 11.6 Å². The lowest BCUT2D eigenvalue weighted by Gasteiger charge is -2.58. The van der Waals surface area contributed by atoms with E-state index in [0.29, 0.717) is 29.6 Å². The summed E-state index contributed by atoms with van der Waals surface area (Å²) in [5, 5.41) is 0.261. The number of carbonyl (C=O) groups excluding carboxylic acids is 1. The Morgan fingerprint density at radius 2 is 1.85 bits per heavy atom. The van der Waals surface area contributed by atoms with E-state index in [1.165, 1.54) is 0 Å². The van der Waals surface area contributed by atoms with Gasteiger partial charge in [-0.25, -0.2) is 12.7 Å². The molecule has 1 amide bonds. The molecule has 5 rings (SSSR count). The SMILES string of the molecule is CC(C)S(=O)(=O)N1CC2(CC(Cc3cncc(N4C(=O)c5ccc(Cl)cc5C4(C)C)c3)C2)C1. The van der Waals surface area contributed by atoms with Crippen LogP contribution in [0, 0.1) is 11.3 Å². The van der Waals surface area contributed by atoms with Crippen molar-refractivity contribution in [2.75, 3.05) is 18.0 Å². The molecule has 0 atom stereocenters. The molecule has 2 aliphatic heterocycles. The van der Waals surface area contributed by atoms with E-state index in [0.717, 1.165) is 36.1 Å². The van der Waals surface area contributed by atoms with Crippen molar-refractivity contribution in [2.24, 2.45) is 11.3 Å². The molecule has 2 fully saturated rings. The Morgan fingerprint density at radius 3 is 2.52 bits per heavy atom. The molecule has 0 N–H and O–H groups in total. The quantitative estimate of drug-likeness (QED) is 0.616. The maximum Gasteiger partial charge on any atom is 0.259 e. The van der Waals surface area contributed by atoms with Crippen molar-refractivity contribution in [3.8, 4) is 0 Å². The average molecular weight is 488 g/mol. The first-order valence-electron chi connectivity index (χ1n) is 11.5. The van der Waals surface area contributed by atoms with Crippen molar-refractivity contribution >= 4 is 33.2 Å². The van der Waals surface area contributed by atoms with Crippen LogP contribution in [0.5, 0.6) is 0 Å². The number of fused-ring (bicyclic) bond motifs is 1. The Hall–Kier alpha value is -1.96. The molecule has 1 saturated carbocycles. The average Bonchev–Trinajstić information content (AvgIpc) is 2.87. The molecule has 3 heterocycles. The van der Waals surface area contributed by atoms with Gasteiger partial charge in [-0.1, -0.05) is 11.6 Å². The molecule has 0 radical (unpaired) electrons. The van der Waals surface area contributed by atoms with Gasteiger partial charge in [-0.2, -0.15) is 0 Å². The van der Waals surface area contributed by atoms with Gasteiger partial charge in [0.25, 0.3) is 5.91 Å². The van der Waals surface area contributed by atoms with Gasteiger partial charge in [0.15, 0.2) is 0 Å². The summed E-state index contributed by atoms with van der Waals surface area (Å²) in [5.74, 6) is 0.485. The third-order valence-electron chi connectivity index (χ3n) is 7.62. The highest BCUT2D eigenvalue weighted by Crippen LogP contribution is 2.54. The van der Waals surface area contributed by atoms with Crippen LogP contribution < -0.4 is 4.90 Å². The van der Waals surface area contributed by atoms with E-state index in [1.807, 2.05) is 31.0 Å². The van der Waals surface area contributed by atoms with Crippen LogP contribution in [0.3, 0.4) is 0 Å². The number of halogens is 1. The molecular weight excluding hydrogens is 458 g/mol. The molecule has 176 valence electrons. The molecule has 0 unspecified atom stereocenters. The molecule has 1 aromatic carbocycles. The summed E-state index contributed by atoms with van der Waals surface area (Å²) in [6.45, 7) is 8.85. The van der Waals surface area contributed by atoms with Gasteiger partial charge >= 0.3 is 0 Å². The number of hydrogen-bond donors (Lipinski definition) is 0. The number of carbonyl (C=O) groups is 1. The van der Waals surface area contributed by atoms with E-state index < -0.39 is 15.6 Å². The summed E-state index contributed by atoms with van der Waals surface area (Å²) < 4.78 is 26.3. The van der Waals surface area contributed by atoms with E-state index in [4.69, 9.17) is 11.6 Å². The van der Waals surface area contributed by atoms with Crippen LogP contribution in [0.4, 0.5) is 5.69 Å². The van der Waals surface area contributed by atoms with E-state index in [9.17, 15) is 13.2 Å². The number of nitrogens with zero attached hydrogens (tertiary/aromatic N) is 3. The first-order valence-corrected chi connectivity index (χ1v) is 13.4. The second-order valence-corrected chi connectivity index (χ2v) is 13.7. The highest BCUT2D eigenvalue weighted by molar-refractivity contribution is 7.89. The summed E-state index contributed by atoms with van der Waals surface area (Å²) in [6.07, 6.45) is 6.60. The number of hydrogen-bond acceptors (Lipinski definition) is 4. The number of sulfonamides is 1. The summed E-state index contributed by atoms with van der Waals surface area (Å²) in [4.78, 5) is 19.5. The standard InChI is InChI=1S/C25H30ClN3O3S/c1-16(2)33(31,32)28-14-25(15-28)10-18(11-25)7-17-8-20(13-27-12-17)29-23(30)21-6-5-19(26)9-22(21)24(29,3)4/h5-6,8-9,12-13,16,18H,7,10-11,14-15H2,1-4H3. The Bertz CT molecular complexity index is 1230. The van der Waals surface area contributed by atoms with E-state index in [1.54, 1.807) is 36.5 Å². The Balaban J connectivity index is 1.27. The first-order chi connectivity index (χ1) is 15.4. The van der Waals surface area contributed by atoms with Crippen molar-refractivity contribution in [3.05, 3.63) is 58.4 Å². The summed E-state index contributed by atoms with van der Waals surface area (Å²) in [5.41, 5.74) is 3.15. The molecule has 0 bridgehead atoms. The third kappa shape index (κ3) is 3.60. The van der Waals surface area contributed by atoms with Crippen LogP contribution in [0.25, 0.3) is 0 Å². The lowest BCUT2D eigenvalue weighted by Crippen LogP contribution is -2.64. The van der Waals surface area contributed by atoms with Crippen molar-refractivity contribution in [1.82, 2.24) is 9.29 Å². The molecule has 8 heteroatoms. The minimum absolute atomic E-state index is 0.0332. The molecule has 3 aliphatic rings. The number of rotatable bonds is 5. The zero-order valence-electron chi connectivity index (χ0n) is 19.5. The molecule has 1 aromatic heterocycles.